The van der Waals surface area contributed by atoms with Gasteiger partial charge in [-0.2, -0.15) is 0 Å². The maximum atomic E-state index is 12.4. The Bertz CT molecular complexity index is 755. The third-order valence-electron chi connectivity index (χ3n) is 3.78. The quantitative estimate of drug-likeness (QED) is 0.625. The molecule has 2 amide bonds. The van der Waals surface area contributed by atoms with E-state index in [1.54, 1.807) is 12.1 Å². The SMILES string of the molecule is Cc1ccc(NC(=O)C(=O)N2CCc3ccccc32)c(N)c1. The van der Waals surface area contributed by atoms with Gasteiger partial charge >= 0.3 is 11.8 Å². The highest BCUT2D eigenvalue weighted by Crippen LogP contribution is 2.28. The van der Waals surface area contributed by atoms with Crippen LogP contribution in [0.5, 0.6) is 0 Å². The molecule has 5 nitrogen and oxygen atoms in total. The van der Waals surface area contributed by atoms with E-state index in [0.29, 0.717) is 17.9 Å². The van der Waals surface area contributed by atoms with Gasteiger partial charge in [-0.25, -0.2) is 0 Å². The second-order valence-electron chi connectivity index (χ2n) is 5.38. The van der Waals surface area contributed by atoms with E-state index in [1.165, 1.54) is 4.90 Å². The fraction of sp³-hybridized carbons (Fsp3) is 0.176. The van der Waals surface area contributed by atoms with Gasteiger partial charge in [0.1, 0.15) is 0 Å². The lowest BCUT2D eigenvalue weighted by atomic mass is 10.2. The van der Waals surface area contributed by atoms with Gasteiger partial charge in [-0.3, -0.25) is 9.59 Å². The Hall–Kier alpha value is -2.82. The van der Waals surface area contributed by atoms with Crippen LogP contribution in [0.1, 0.15) is 11.1 Å². The molecule has 0 unspecified atom stereocenters. The topological polar surface area (TPSA) is 75.4 Å². The molecule has 5 heteroatoms. The standard InChI is InChI=1S/C17H17N3O2/c1-11-6-7-14(13(18)10-11)19-16(21)17(22)20-9-8-12-4-2-3-5-15(12)20/h2-7,10H,8-9,18H2,1H3,(H,19,21). The van der Waals surface area contributed by atoms with Gasteiger partial charge in [0.25, 0.3) is 0 Å². The van der Waals surface area contributed by atoms with Gasteiger partial charge < -0.3 is 16.0 Å². The predicted molar refractivity (Wildman–Crippen MR) is 86.7 cm³/mol. The van der Waals surface area contributed by atoms with Gasteiger partial charge in [0, 0.05) is 12.2 Å². The molecule has 2 aromatic carbocycles. The smallest absolute Gasteiger partial charge is 0.316 e. The molecule has 2 aromatic rings. The summed E-state index contributed by atoms with van der Waals surface area (Å²) in [5.41, 5.74) is 9.65. The van der Waals surface area contributed by atoms with Crippen LogP contribution in [0.4, 0.5) is 17.1 Å². The van der Waals surface area contributed by atoms with Crippen molar-refractivity contribution in [1.29, 1.82) is 0 Å². The summed E-state index contributed by atoms with van der Waals surface area (Å²) in [6.07, 6.45) is 0.766. The van der Waals surface area contributed by atoms with Gasteiger partial charge in [-0.05, 0) is 42.7 Å². The molecule has 0 spiro atoms. The van der Waals surface area contributed by atoms with E-state index in [9.17, 15) is 9.59 Å². The number of fused-ring (bicyclic) bond motifs is 1. The maximum Gasteiger partial charge on any atom is 0.316 e. The number of carbonyl (C=O) groups is 2. The van der Waals surface area contributed by atoms with Crippen LogP contribution in [0.2, 0.25) is 0 Å². The normalized spacial score (nSPS) is 12.9. The van der Waals surface area contributed by atoms with E-state index in [1.807, 2.05) is 37.3 Å². The van der Waals surface area contributed by atoms with E-state index in [4.69, 9.17) is 5.73 Å². The van der Waals surface area contributed by atoms with E-state index in [2.05, 4.69) is 5.32 Å². The van der Waals surface area contributed by atoms with Crippen molar-refractivity contribution in [3.05, 3.63) is 53.6 Å². The molecule has 0 radical (unpaired) electrons. The maximum absolute atomic E-state index is 12.4. The first-order chi connectivity index (χ1) is 10.6. The first-order valence-corrected chi connectivity index (χ1v) is 7.13. The summed E-state index contributed by atoms with van der Waals surface area (Å²) in [7, 11) is 0. The van der Waals surface area contributed by atoms with Crippen LogP contribution in [0.3, 0.4) is 0 Å². The van der Waals surface area contributed by atoms with Crippen LogP contribution in [0.25, 0.3) is 0 Å². The second-order valence-corrected chi connectivity index (χ2v) is 5.38. The largest absolute Gasteiger partial charge is 0.397 e. The van der Waals surface area contributed by atoms with Crippen molar-refractivity contribution < 1.29 is 9.59 Å². The van der Waals surface area contributed by atoms with Crippen molar-refractivity contribution in [3.8, 4) is 0 Å². The minimum Gasteiger partial charge on any atom is -0.397 e. The highest BCUT2D eigenvalue weighted by atomic mass is 16.2. The lowest BCUT2D eigenvalue weighted by Crippen LogP contribution is -2.38. The van der Waals surface area contributed by atoms with Crippen LogP contribution in [-0.2, 0) is 16.0 Å². The molecule has 1 aliphatic heterocycles. The number of nitrogens with two attached hydrogens (primary N) is 1. The third-order valence-corrected chi connectivity index (χ3v) is 3.78. The van der Waals surface area contributed by atoms with Crippen LogP contribution in [0, 0.1) is 6.92 Å². The molecular weight excluding hydrogens is 278 g/mol. The van der Waals surface area contributed by atoms with Crippen LogP contribution in [-0.4, -0.2) is 18.4 Å². The fourth-order valence-electron chi connectivity index (χ4n) is 2.64. The van der Waals surface area contributed by atoms with E-state index in [-0.39, 0.29) is 0 Å². The van der Waals surface area contributed by atoms with Gasteiger partial charge in [0.15, 0.2) is 0 Å². The number of carbonyl (C=O) groups excluding carboxylic acids is 2. The molecule has 22 heavy (non-hydrogen) atoms. The minimum absolute atomic E-state index is 0.447. The summed E-state index contributed by atoms with van der Waals surface area (Å²) in [5.74, 6) is -1.24. The Labute approximate surface area is 128 Å². The Morgan fingerprint density at radius 1 is 1.18 bits per heavy atom. The number of nitrogens with zero attached hydrogens (tertiary/aromatic N) is 1. The van der Waals surface area contributed by atoms with Crippen LogP contribution < -0.4 is 16.0 Å². The zero-order valence-corrected chi connectivity index (χ0v) is 12.3. The summed E-state index contributed by atoms with van der Waals surface area (Å²) >= 11 is 0. The van der Waals surface area contributed by atoms with Crippen molar-refractivity contribution in [2.45, 2.75) is 13.3 Å². The number of benzene rings is 2. The lowest BCUT2D eigenvalue weighted by molar-refractivity contribution is -0.134. The van der Waals surface area contributed by atoms with E-state index in [0.717, 1.165) is 23.2 Å². The molecule has 0 aliphatic carbocycles. The van der Waals surface area contributed by atoms with Crippen LogP contribution >= 0.6 is 0 Å². The number of hydrogen-bond acceptors (Lipinski definition) is 3. The molecule has 1 heterocycles. The van der Waals surface area contributed by atoms with E-state index < -0.39 is 11.8 Å². The van der Waals surface area contributed by atoms with Crippen molar-refractivity contribution in [3.63, 3.8) is 0 Å². The molecule has 0 saturated heterocycles. The summed E-state index contributed by atoms with van der Waals surface area (Å²) in [6.45, 7) is 2.43. The molecule has 3 N–H and O–H groups in total. The highest BCUT2D eigenvalue weighted by Gasteiger charge is 2.29. The number of para-hydroxylation sites is 1. The first kappa shape index (κ1) is 14.1. The lowest BCUT2D eigenvalue weighted by Gasteiger charge is -2.17. The van der Waals surface area contributed by atoms with Gasteiger partial charge in [0.05, 0.1) is 11.4 Å². The van der Waals surface area contributed by atoms with Crippen LogP contribution in [0.15, 0.2) is 42.5 Å². The molecule has 0 fully saturated rings. The Balaban J connectivity index is 1.77. The summed E-state index contributed by atoms with van der Waals surface area (Å²) in [6, 6.07) is 12.9. The molecule has 0 saturated carbocycles. The molecule has 0 atom stereocenters. The summed E-state index contributed by atoms with van der Waals surface area (Å²) < 4.78 is 0. The average Bonchev–Trinajstić information content (AvgIpc) is 2.93. The summed E-state index contributed by atoms with van der Waals surface area (Å²) in [4.78, 5) is 26.1. The monoisotopic (exact) mass is 295 g/mol. The van der Waals surface area contributed by atoms with E-state index >= 15 is 0 Å². The predicted octanol–water partition coefficient (Wildman–Crippen LogP) is 2.11. The third kappa shape index (κ3) is 2.53. The van der Waals surface area contributed by atoms with Crippen molar-refractivity contribution in [1.82, 2.24) is 0 Å². The average molecular weight is 295 g/mol. The van der Waals surface area contributed by atoms with Gasteiger partial charge in [-0.15, -0.1) is 0 Å². The van der Waals surface area contributed by atoms with Crippen molar-refractivity contribution in [2.24, 2.45) is 0 Å². The Morgan fingerprint density at radius 2 is 1.95 bits per heavy atom. The molecule has 1 aliphatic rings. The van der Waals surface area contributed by atoms with Gasteiger partial charge in [-0.1, -0.05) is 24.3 Å². The Kier molecular flexibility index (Phi) is 3.55. The number of nitrogens with one attached hydrogen (secondary N) is 1. The molecule has 0 bridgehead atoms. The number of nitrogen functional groups attached to an aromatic ring is 1. The second kappa shape index (κ2) is 5.52. The zero-order chi connectivity index (χ0) is 15.7. The van der Waals surface area contributed by atoms with Crippen molar-refractivity contribution in [2.75, 3.05) is 22.5 Å². The number of amides is 2. The number of aryl methyl sites for hydroxylation is 1. The molecule has 3 rings (SSSR count). The van der Waals surface area contributed by atoms with Crippen molar-refractivity contribution >= 4 is 28.9 Å². The first-order valence-electron chi connectivity index (χ1n) is 7.13. The Morgan fingerprint density at radius 3 is 2.73 bits per heavy atom. The number of rotatable bonds is 1. The molecule has 0 aromatic heterocycles. The zero-order valence-electron chi connectivity index (χ0n) is 12.3. The highest BCUT2D eigenvalue weighted by molar-refractivity contribution is 6.44. The molecule has 112 valence electrons. The fourth-order valence-corrected chi connectivity index (χ4v) is 2.64. The summed E-state index contributed by atoms with van der Waals surface area (Å²) in [5, 5.41) is 2.59. The number of hydrogen-bond donors (Lipinski definition) is 2. The molecular formula is C17H17N3O2. The van der Waals surface area contributed by atoms with Gasteiger partial charge in [0.2, 0.25) is 0 Å². The minimum atomic E-state index is -0.674. The number of anilines is 3.